The maximum Gasteiger partial charge on any atom is 0.243 e. The minimum atomic E-state index is -3.60. The Morgan fingerprint density at radius 1 is 1.19 bits per heavy atom. The van der Waals surface area contributed by atoms with Gasteiger partial charge in [0.2, 0.25) is 10.0 Å². The number of ether oxygens (including phenoxy) is 2. The lowest BCUT2D eigenvalue weighted by Crippen LogP contribution is -2.40. The van der Waals surface area contributed by atoms with Crippen LogP contribution < -0.4 is 4.74 Å². The molecule has 0 aliphatic carbocycles. The number of morpholine rings is 1. The van der Waals surface area contributed by atoms with Gasteiger partial charge in [0, 0.05) is 19.6 Å². The van der Waals surface area contributed by atoms with E-state index in [1.165, 1.54) is 4.31 Å². The quantitative estimate of drug-likeness (QED) is 0.511. The third-order valence-corrected chi connectivity index (χ3v) is 7.57. The number of fused-ring (bicyclic) bond motifs is 1. The van der Waals surface area contributed by atoms with Gasteiger partial charge in [0.05, 0.1) is 41.3 Å². The van der Waals surface area contributed by atoms with Crippen molar-refractivity contribution in [1.29, 1.82) is 0 Å². The summed E-state index contributed by atoms with van der Waals surface area (Å²) in [5, 5.41) is 0.484. The molecule has 1 aliphatic rings. The average molecular weight is 476 g/mol. The highest BCUT2D eigenvalue weighted by Gasteiger charge is 2.27. The lowest BCUT2D eigenvalue weighted by atomic mass is 10.2. The normalized spacial score (nSPS) is 15.9. The first-order valence-corrected chi connectivity index (χ1v) is 12.4. The zero-order valence-corrected chi connectivity index (χ0v) is 19.7. The van der Waals surface area contributed by atoms with E-state index in [1.807, 2.05) is 41.0 Å². The maximum atomic E-state index is 13.1. The Kier molecular flexibility index (Phi) is 6.85. The summed E-state index contributed by atoms with van der Waals surface area (Å²) in [6.07, 6.45) is 2.73. The van der Waals surface area contributed by atoms with Gasteiger partial charge in [-0.3, -0.25) is 0 Å². The van der Waals surface area contributed by atoms with Gasteiger partial charge in [-0.05, 0) is 48.4 Å². The van der Waals surface area contributed by atoms with Gasteiger partial charge >= 0.3 is 0 Å². The molecule has 0 spiro atoms. The van der Waals surface area contributed by atoms with Crippen LogP contribution in [-0.4, -0.2) is 55.7 Å². The minimum absolute atomic E-state index is 0.231. The molecule has 32 heavy (non-hydrogen) atoms. The van der Waals surface area contributed by atoms with Crippen LogP contribution in [0.4, 0.5) is 0 Å². The number of methoxy groups -OCH3 is 1. The van der Waals surface area contributed by atoms with Gasteiger partial charge in [0.1, 0.15) is 5.75 Å². The van der Waals surface area contributed by atoms with E-state index in [0.29, 0.717) is 49.2 Å². The monoisotopic (exact) mass is 475 g/mol. The smallest absolute Gasteiger partial charge is 0.243 e. The summed E-state index contributed by atoms with van der Waals surface area (Å²) >= 11 is 6.68. The fourth-order valence-corrected chi connectivity index (χ4v) is 5.45. The molecule has 3 aromatic rings. The molecule has 4 rings (SSSR count). The molecule has 0 radical (unpaired) electrons. The first-order valence-electron chi connectivity index (χ1n) is 10.5. The predicted molar refractivity (Wildman–Crippen MR) is 126 cm³/mol. The van der Waals surface area contributed by atoms with E-state index in [9.17, 15) is 8.42 Å². The van der Waals surface area contributed by atoms with Gasteiger partial charge in [0.15, 0.2) is 5.82 Å². The number of aryl methyl sites for hydroxylation is 1. The van der Waals surface area contributed by atoms with Crippen molar-refractivity contribution in [3.63, 3.8) is 0 Å². The van der Waals surface area contributed by atoms with Crippen LogP contribution in [0.15, 0.2) is 47.4 Å². The van der Waals surface area contributed by atoms with E-state index < -0.39 is 10.0 Å². The lowest BCUT2D eigenvalue weighted by Gasteiger charge is -2.26. The summed E-state index contributed by atoms with van der Waals surface area (Å²) in [6.45, 7) is 4.31. The van der Waals surface area contributed by atoms with Crippen molar-refractivity contribution in [2.75, 3.05) is 33.4 Å². The summed E-state index contributed by atoms with van der Waals surface area (Å²) in [5.41, 5.74) is 2.37. The van der Waals surface area contributed by atoms with Crippen molar-refractivity contribution in [2.24, 2.45) is 0 Å². The zero-order chi connectivity index (χ0) is 22.7. The molecule has 1 aromatic heterocycles. The number of hydrogen-bond donors (Lipinski definition) is 0. The van der Waals surface area contributed by atoms with Crippen molar-refractivity contribution in [3.05, 3.63) is 53.9 Å². The number of halogens is 1. The van der Waals surface area contributed by atoms with E-state index in [-0.39, 0.29) is 4.90 Å². The van der Waals surface area contributed by atoms with Crippen LogP contribution in [0.25, 0.3) is 22.1 Å². The van der Waals surface area contributed by atoms with E-state index in [4.69, 9.17) is 26.1 Å². The Hall–Kier alpha value is -2.39. The second-order valence-electron chi connectivity index (χ2n) is 7.52. The molecule has 0 amide bonds. The third kappa shape index (κ3) is 4.54. The fraction of sp³-hybridized carbons (Fsp3) is 0.348. The average Bonchev–Trinajstić information content (AvgIpc) is 3.18. The highest BCUT2D eigenvalue weighted by atomic mass is 35.5. The van der Waals surface area contributed by atoms with Crippen molar-refractivity contribution in [2.45, 2.75) is 24.8 Å². The number of sulfonamides is 1. The summed E-state index contributed by atoms with van der Waals surface area (Å²) in [4.78, 5) is 4.94. The van der Waals surface area contributed by atoms with Gasteiger partial charge < -0.3 is 14.0 Å². The first kappa shape index (κ1) is 22.8. The van der Waals surface area contributed by atoms with Gasteiger partial charge in [-0.1, -0.05) is 30.7 Å². The molecule has 0 atom stereocenters. The highest BCUT2D eigenvalue weighted by molar-refractivity contribution is 7.89. The molecule has 0 saturated carbocycles. The molecule has 0 unspecified atom stereocenters. The van der Waals surface area contributed by atoms with Crippen LogP contribution in [-0.2, 0) is 21.3 Å². The van der Waals surface area contributed by atoms with Gasteiger partial charge in [-0.25, -0.2) is 13.4 Å². The molecular formula is C23H26ClN3O4S. The third-order valence-electron chi connectivity index (χ3n) is 5.40. The molecule has 0 bridgehead atoms. The van der Waals surface area contributed by atoms with Gasteiger partial charge in [-0.2, -0.15) is 4.31 Å². The molecule has 170 valence electrons. The van der Waals surface area contributed by atoms with E-state index in [1.54, 1.807) is 19.2 Å². The van der Waals surface area contributed by atoms with Crippen LogP contribution in [0.3, 0.4) is 0 Å². The molecule has 2 heterocycles. The Labute approximate surface area is 193 Å². The maximum absolute atomic E-state index is 13.1. The van der Waals surface area contributed by atoms with E-state index >= 15 is 0 Å². The molecule has 2 aromatic carbocycles. The highest BCUT2D eigenvalue weighted by Crippen LogP contribution is 2.29. The second-order valence-corrected chi connectivity index (χ2v) is 9.86. The molecule has 1 fully saturated rings. The van der Waals surface area contributed by atoms with Gasteiger partial charge in [0.25, 0.3) is 0 Å². The Balaban J connectivity index is 1.74. The van der Waals surface area contributed by atoms with Crippen LogP contribution in [0.2, 0.25) is 0 Å². The molecular weight excluding hydrogens is 450 g/mol. The van der Waals surface area contributed by atoms with Crippen LogP contribution in [0.1, 0.15) is 24.7 Å². The van der Waals surface area contributed by atoms with E-state index in [0.717, 1.165) is 23.3 Å². The van der Waals surface area contributed by atoms with Crippen molar-refractivity contribution >= 4 is 43.8 Å². The van der Waals surface area contributed by atoms with E-state index in [2.05, 4.69) is 6.92 Å². The van der Waals surface area contributed by atoms with Crippen LogP contribution in [0, 0.1) is 0 Å². The number of benzene rings is 2. The molecule has 1 aliphatic heterocycles. The largest absolute Gasteiger partial charge is 0.497 e. The number of rotatable bonds is 7. The molecule has 9 heteroatoms. The Morgan fingerprint density at radius 2 is 1.91 bits per heavy atom. The number of nitrogens with zero attached hydrogens (tertiary/aromatic N) is 3. The summed E-state index contributed by atoms with van der Waals surface area (Å²) < 4.78 is 40.1. The summed E-state index contributed by atoms with van der Waals surface area (Å²) in [5.74, 6) is 1.38. The summed E-state index contributed by atoms with van der Waals surface area (Å²) in [7, 11) is -1.98. The number of hydrogen-bond acceptors (Lipinski definition) is 5. The standard InChI is InChI=1S/C23H26ClN3O4S/c1-3-10-27-22-9-8-19(32(28,29)26-11-13-31-14-12-26)16-21(22)25-23(27)20(24)15-17-4-6-18(30-2)7-5-17/h4-9,15-16H,3,10-14H2,1-2H3/b20-15-. The van der Waals surface area contributed by atoms with Crippen molar-refractivity contribution in [3.8, 4) is 5.75 Å². The predicted octanol–water partition coefficient (Wildman–Crippen LogP) is 4.21. The first-order chi connectivity index (χ1) is 15.4. The van der Waals surface area contributed by atoms with Crippen molar-refractivity contribution in [1.82, 2.24) is 13.9 Å². The topological polar surface area (TPSA) is 73.7 Å². The Morgan fingerprint density at radius 3 is 2.56 bits per heavy atom. The fourth-order valence-electron chi connectivity index (χ4n) is 3.75. The van der Waals surface area contributed by atoms with Crippen LogP contribution in [0.5, 0.6) is 5.75 Å². The number of imidazole rings is 1. The van der Waals surface area contributed by atoms with Crippen LogP contribution >= 0.6 is 11.6 Å². The zero-order valence-electron chi connectivity index (χ0n) is 18.1. The Bertz CT molecular complexity index is 1230. The number of aromatic nitrogens is 2. The molecule has 1 saturated heterocycles. The van der Waals surface area contributed by atoms with Crippen molar-refractivity contribution < 1.29 is 17.9 Å². The molecule has 7 nitrogen and oxygen atoms in total. The molecule has 0 N–H and O–H groups in total. The second kappa shape index (κ2) is 9.62. The summed E-state index contributed by atoms with van der Waals surface area (Å²) in [6, 6.07) is 12.7. The van der Waals surface area contributed by atoms with Gasteiger partial charge in [-0.15, -0.1) is 0 Å². The SMILES string of the molecule is CCCn1c(/C(Cl)=C/c2ccc(OC)cc2)nc2cc(S(=O)(=O)N3CCOCC3)ccc21. The lowest BCUT2D eigenvalue weighted by molar-refractivity contribution is 0.0730. The minimum Gasteiger partial charge on any atom is -0.497 e.